The number of hydrogen-bond acceptors (Lipinski definition) is 7. The van der Waals surface area contributed by atoms with Gasteiger partial charge in [0, 0.05) is 61.4 Å². The molecule has 0 bridgehead atoms. The molecule has 0 aliphatic carbocycles. The molecule has 0 atom stereocenters. The number of fused-ring (bicyclic) bond motifs is 1. The average molecular weight is 481 g/mol. The van der Waals surface area contributed by atoms with Crippen molar-refractivity contribution in [3.05, 3.63) is 59.9 Å². The number of nitrogens with one attached hydrogen (secondary N) is 1. The van der Waals surface area contributed by atoms with Crippen LogP contribution in [0.25, 0.3) is 0 Å². The molecule has 184 valence electrons. The Morgan fingerprint density at radius 2 is 1.66 bits per heavy atom. The van der Waals surface area contributed by atoms with Gasteiger partial charge < -0.3 is 24.8 Å². The van der Waals surface area contributed by atoms with E-state index < -0.39 is 11.6 Å². The fourth-order valence-electron chi connectivity index (χ4n) is 4.64. The van der Waals surface area contributed by atoms with Crippen LogP contribution in [-0.2, 0) is 6.42 Å². The third-order valence-electron chi connectivity index (χ3n) is 6.68. The predicted molar refractivity (Wildman–Crippen MR) is 134 cm³/mol. The van der Waals surface area contributed by atoms with Crippen LogP contribution in [0.2, 0.25) is 0 Å². The quantitative estimate of drug-likeness (QED) is 0.543. The second kappa shape index (κ2) is 9.65. The third kappa shape index (κ3) is 4.73. The van der Waals surface area contributed by atoms with E-state index in [0.29, 0.717) is 17.7 Å². The van der Waals surface area contributed by atoms with Crippen molar-refractivity contribution in [2.24, 2.45) is 0 Å². The Labute approximate surface area is 204 Å². The van der Waals surface area contributed by atoms with E-state index >= 15 is 8.78 Å². The van der Waals surface area contributed by atoms with Crippen LogP contribution in [-0.4, -0.2) is 60.7 Å². The Morgan fingerprint density at radius 1 is 0.914 bits per heavy atom. The number of aromatic nitrogens is 2. The Hall–Kier alpha value is -3.46. The molecule has 0 radical (unpaired) electrons. The summed E-state index contributed by atoms with van der Waals surface area (Å²) in [5.74, 6) is -1.66. The van der Waals surface area contributed by atoms with Crippen molar-refractivity contribution in [2.45, 2.75) is 26.3 Å². The standard InChI is InChI=1S/C26H30F2N6O/c1-17(2)34-11-10-20-21(34)8-9-22(23(20)27)35-26-24(28)25(29-16-30-26)31-18-4-6-19(7-5-18)33-14-12-32(3)13-15-33/h4-9,16-17H,10-15H2,1-3H3,(H,29,30,31). The van der Waals surface area contributed by atoms with Gasteiger partial charge in [-0.05, 0) is 63.7 Å². The zero-order valence-electron chi connectivity index (χ0n) is 20.3. The average Bonchev–Trinajstić information content (AvgIpc) is 3.30. The third-order valence-corrected chi connectivity index (χ3v) is 6.68. The highest BCUT2D eigenvalue weighted by Gasteiger charge is 2.27. The maximum Gasteiger partial charge on any atom is 0.261 e. The van der Waals surface area contributed by atoms with Gasteiger partial charge in [-0.3, -0.25) is 0 Å². The van der Waals surface area contributed by atoms with Gasteiger partial charge in [0.2, 0.25) is 5.82 Å². The van der Waals surface area contributed by atoms with Crippen molar-refractivity contribution >= 4 is 22.9 Å². The summed E-state index contributed by atoms with van der Waals surface area (Å²) in [4.78, 5) is 14.7. The van der Waals surface area contributed by atoms with E-state index in [9.17, 15) is 0 Å². The highest BCUT2D eigenvalue weighted by atomic mass is 19.1. The normalized spacial score (nSPS) is 16.1. The van der Waals surface area contributed by atoms with E-state index in [0.717, 1.165) is 44.1 Å². The molecule has 1 saturated heterocycles. The number of nitrogens with zero attached hydrogens (tertiary/aromatic N) is 5. The molecule has 2 aliphatic heterocycles. The molecule has 1 N–H and O–H groups in total. The van der Waals surface area contributed by atoms with Crippen LogP contribution in [0.4, 0.5) is 31.7 Å². The molecule has 7 nitrogen and oxygen atoms in total. The summed E-state index contributed by atoms with van der Waals surface area (Å²) < 4.78 is 35.9. The van der Waals surface area contributed by atoms with E-state index in [1.807, 2.05) is 30.3 Å². The van der Waals surface area contributed by atoms with E-state index in [4.69, 9.17) is 4.74 Å². The molecule has 9 heteroatoms. The van der Waals surface area contributed by atoms with Crippen molar-refractivity contribution in [3.8, 4) is 11.6 Å². The minimum absolute atomic E-state index is 0.0325. The van der Waals surface area contributed by atoms with Gasteiger partial charge in [0.05, 0.1) is 0 Å². The second-order valence-corrected chi connectivity index (χ2v) is 9.32. The lowest BCUT2D eigenvalue weighted by molar-refractivity contribution is 0.313. The number of likely N-dealkylation sites (N-methyl/N-ethyl adjacent to an activating group) is 1. The highest BCUT2D eigenvalue weighted by molar-refractivity contribution is 5.63. The summed E-state index contributed by atoms with van der Waals surface area (Å²) in [6.07, 6.45) is 1.78. The SMILES string of the molecule is CC(C)N1CCc2c1ccc(Oc1ncnc(Nc3ccc(N4CCN(C)CC4)cc3)c1F)c2F. The number of benzene rings is 2. The van der Waals surface area contributed by atoms with Gasteiger partial charge in [-0.15, -0.1) is 0 Å². The lowest BCUT2D eigenvalue weighted by Crippen LogP contribution is -2.44. The lowest BCUT2D eigenvalue weighted by atomic mass is 10.1. The molecule has 0 amide bonds. The van der Waals surface area contributed by atoms with E-state index in [1.165, 1.54) is 12.4 Å². The fraction of sp³-hybridized carbons (Fsp3) is 0.385. The summed E-state index contributed by atoms with van der Waals surface area (Å²) in [7, 11) is 2.12. The molecule has 0 spiro atoms. The molecule has 3 aromatic rings. The zero-order valence-corrected chi connectivity index (χ0v) is 20.3. The molecular weight excluding hydrogens is 450 g/mol. The van der Waals surface area contributed by atoms with Crippen molar-refractivity contribution in [1.29, 1.82) is 0 Å². The Bertz CT molecular complexity index is 1200. The molecular formula is C26H30F2N6O. The first-order chi connectivity index (χ1) is 16.9. The molecule has 35 heavy (non-hydrogen) atoms. The summed E-state index contributed by atoms with van der Waals surface area (Å²) in [6, 6.07) is 11.4. The molecule has 1 fully saturated rings. The van der Waals surface area contributed by atoms with Crippen molar-refractivity contribution in [2.75, 3.05) is 54.9 Å². The summed E-state index contributed by atoms with van der Waals surface area (Å²) in [5, 5.41) is 2.98. The van der Waals surface area contributed by atoms with Crippen molar-refractivity contribution in [1.82, 2.24) is 14.9 Å². The van der Waals surface area contributed by atoms with Gasteiger partial charge in [-0.2, -0.15) is 9.37 Å². The zero-order chi connectivity index (χ0) is 24.5. The highest BCUT2D eigenvalue weighted by Crippen LogP contribution is 2.38. The minimum atomic E-state index is -0.778. The Morgan fingerprint density at radius 3 is 2.37 bits per heavy atom. The molecule has 3 heterocycles. The topological polar surface area (TPSA) is 56.8 Å². The monoisotopic (exact) mass is 480 g/mol. The predicted octanol–water partition coefficient (Wildman–Crippen LogP) is 4.81. The largest absolute Gasteiger partial charge is 0.433 e. The first kappa shape index (κ1) is 23.3. The summed E-state index contributed by atoms with van der Waals surface area (Å²) >= 11 is 0. The van der Waals surface area contributed by atoms with Crippen molar-refractivity contribution in [3.63, 3.8) is 0 Å². The van der Waals surface area contributed by atoms with Crippen LogP contribution in [0.1, 0.15) is 19.4 Å². The fourth-order valence-corrected chi connectivity index (χ4v) is 4.64. The van der Waals surface area contributed by atoms with Crippen LogP contribution in [0.5, 0.6) is 11.6 Å². The summed E-state index contributed by atoms with van der Waals surface area (Å²) in [5.41, 5.74) is 3.25. The Balaban J connectivity index is 1.31. The van der Waals surface area contributed by atoms with Gasteiger partial charge >= 0.3 is 0 Å². The number of hydrogen-bond donors (Lipinski definition) is 1. The molecule has 5 rings (SSSR count). The first-order valence-corrected chi connectivity index (χ1v) is 12.0. The van der Waals surface area contributed by atoms with E-state index in [2.05, 4.69) is 50.9 Å². The van der Waals surface area contributed by atoms with Crippen molar-refractivity contribution < 1.29 is 13.5 Å². The van der Waals surface area contributed by atoms with Crippen LogP contribution >= 0.6 is 0 Å². The number of anilines is 4. The molecule has 0 saturated carbocycles. The molecule has 2 aromatic carbocycles. The van der Waals surface area contributed by atoms with E-state index in [-0.39, 0.29) is 23.5 Å². The molecule has 0 unspecified atom stereocenters. The summed E-state index contributed by atoms with van der Waals surface area (Å²) in [6.45, 7) is 8.88. The van der Waals surface area contributed by atoms with Gasteiger partial charge in [0.1, 0.15) is 6.33 Å². The minimum Gasteiger partial charge on any atom is -0.433 e. The first-order valence-electron chi connectivity index (χ1n) is 12.0. The molecule has 2 aliphatic rings. The lowest BCUT2D eigenvalue weighted by Gasteiger charge is -2.34. The second-order valence-electron chi connectivity index (χ2n) is 9.32. The number of rotatable bonds is 6. The van der Waals surface area contributed by atoms with Crippen LogP contribution in [0.15, 0.2) is 42.7 Å². The van der Waals surface area contributed by atoms with Crippen LogP contribution in [0, 0.1) is 11.6 Å². The van der Waals surface area contributed by atoms with Crippen LogP contribution < -0.4 is 19.9 Å². The smallest absolute Gasteiger partial charge is 0.261 e. The van der Waals surface area contributed by atoms with E-state index in [1.54, 1.807) is 0 Å². The van der Waals surface area contributed by atoms with Gasteiger partial charge in [0.25, 0.3) is 5.88 Å². The Kier molecular flexibility index (Phi) is 6.42. The van der Waals surface area contributed by atoms with Gasteiger partial charge in [-0.25, -0.2) is 9.37 Å². The maximum absolute atomic E-state index is 15.2. The number of halogens is 2. The van der Waals surface area contributed by atoms with Gasteiger partial charge in [-0.1, -0.05) is 0 Å². The van der Waals surface area contributed by atoms with Gasteiger partial charge in [0.15, 0.2) is 17.4 Å². The number of ether oxygens (including phenoxy) is 1. The molecule has 1 aromatic heterocycles. The number of piperazine rings is 1. The maximum atomic E-state index is 15.2. The van der Waals surface area contributed by atoms with Crippen LogP contribution in [0.3, 0.4) is 0 Å².